The second kappa shape index (κ2) is 4.45. The second-order valence-corrected chi connectivity index (χ2v) is 4.07. The van der Waals surface area contributed by atoms with Gasteiger partial charge in [0.1, 0.15) is 0 Å². The Kier molecular flexibility index (Phi) is 3.01. The summed E-state index contributed by atoms with van der Waals surface area (Å²) in [6, 6.07) is 3.72. The zero-order valence-corrected chi connectivity index (χ0v) is 9.18. The highest BCUT2D eigenvalue weighted by Gasteiger charge is 2.22. The lowest BCUT2D eigenvalue weighted by atomic mass is 10.1. The van der Waals surface area contributed by atoms with Crippen LogP contribution in [0.3, 0.4) is 0 Å². The average molecular weight is 217 g/mol. The lowest BCUT2D eigenvalue weighted by Crippen LogP contribution is -2.24. The maximum atomic E-state index is 11.8. The minimum atomic E-state index is -0.115. The molecule has 0 saturated carbocycles. The summed E-state index contributed by atoms with van der Waals surface area (Å²) in [4.78, 5) is 15.9. The fourth-order valence-electron chi connectivity index (χ4n) is 1.70. The first-order chi connectivity index (χ1) is 7.65. The van der Waals surface area contributed by atoms with E-state index in [1.54, 1.807) is 6.20 Å². The molecule has 1 aromatic heterocycles. The lowest BCUT2D eigenvalue weighted by Gasteiger charge is -2.10. The van der Waals surface area contributed by atoms with Gasteiger partial charge in [-0.25, -0.2) is 0 Å². The van der Waals surface area contributed by atoms with Crippen molar-refractivity contribution in [2.75, 3.05) is 5.32 Å². The zero-order valence-electron chi connectivity index (χ0n) is 9.18. The molecule has 0 aliphatic heterocycles. The van der Waals surface area contributed by atoms with Crippen LogP contribution in [0.4, 0.5) is 5.69 Å². The maximum absolute atomic E-state index is 11.8. The molecule has 2 atom stereocenters. The molecule has 16 heavy (non-hydrogen) atoms. The molecule has 0 bridgehead atoms. The third-order valence-corrected chi connectivity index (χ3v) is 2.63. The number of carbonyl (C=O) groups is 1. The minimum Gasteiger partial charge on any atom is -0.324 e. The van der Waals surface area contributed by atoms with Gasteiger partial charge in [-0.1, -0.05) is 12.2 Å². The summed E-state index contributed by atoms with van der Waals surface area (Å²) in [7, 11) is 0. The number of amides is 1. The first-order valence-electron chi connectivity index (χ1n) is 5.32. The number of rotatable bonds is 2. The molecule has 0 spiro atoms. The van der Waals surface area contributed by atoms with Crippen LogP contribution in [0, 0.1) is 12.8 Å². The number of pyridine rings is 1. The normalized spacial score (nSPS) is 23.4. The molecule has 1 aliphatic carbocycles. The van der Waals surface area contributed by atoms with Gasteiger partial charge in [0.2, 0.25) is 5.91 Å². The number of aryl methyl sites for hydroxylation is 1. The van der Waals surface area contributed by atoms with Crippen molar-refractivity contribution in [3.8, 4) is 0 Å². The Morgan fingerprint density at radius 1 is 1.50 bits per heavy atom. The molecule has 0 fully saturated rings. The fraction of sp³-hybridized carbons (Fsp3) is 0.333. The Labute approximate surface area is 94.6 Å². The molecular weight excluding hydrogens is 202 g/mol. The van der Waals surface area contributed by atoms with Crippen molar-refractivity contribution in [2.45, 2.75) is 19.4 Å². The monoisotopic (exact) mass is 217 g/mol. The van der Waals surface area contributed by atoms with Crippen molar-refractivity contribution in [1.29, 1.82) is 0 Å². The number of hydrogen-bond donors (Lipinski definition) is 2. The van der Waals surface area contributed by atoms with Gasteiger partial charge in [-0.2, -0.15) is 0 Å². The predicted octanol–water partition coefficient (Wildman–Crippen LogP) is 1.23. The summed E-state index contributed by atoms with van der Waals surface area (Å²) in [6.45, 7) is 1.91. The van der Waals surface area contributed by atoms with Crippen molar-refractivity contribution in [2.24, 2.45) is 11.7 Å². The standard InChI is InChI=1S/C12H15N3O/c1-8-2-5-11(7-14-8)15-12(16)9-3-4-10(13)6-9/h2-5,7,9-10H,6,13H2,1H3,(H,15,16). The molecule has 84 valence electrons. The van der Waals surface area contributed by atoms with Crippen LogP contribution in [0.2, 0.25) is 0 Å². The van der Waals surface area contributed by atoms with Gasteiger partial charge in [0.15, 0.2) is 0 Å². The Bertz CT molecular complexity index is 411. The molecule has 0 radical (unpaired) electrons. The number of carbonyl (C=O) groups excluding carboxylic acids is 1. The molecule has 4 heteroatoms. The molecule has 1 heterocycles. The molecule has 4 nitrogen and oxygen atoms in total. The zero-order chi connectivity index (χ0) is 11.5. The predicted molar refractivity (Wildman–Crippen MR) is 62.8 cm³/mol. The van der Waals surface area contributed by atoms with Gasteiger partial charge >= 0.3 is 0 Å². The van der Waals surface area contributed by atoms with Crippen LogP contribution in [0.25, 0.3) is 0 Å². The van der Waals surface area contributed by atoms with E-state index in [1.807, 2.05) is 31.2 Å². The van der Waals surface area contributed by atoms with Gasteiger partial charge in [-0.15, -0.1) is 0 Å². The van der Waals surface area contributed by atoms with E-state index >= 15 is 0 Å². The van der Waals surface area contributed by atoms with Crippen molar-refractivity contribution < 1.29 is 4.79 Å². The minimum absolute atomic E-state index is 0.00638. The molecule has 0 aromatic carbocycles. The van der Waals surface area contributed by atoms with E-state index in [0.717, 1.165) is 11.4 Å². The third-order valence-electron chi connectivity index (χ3n) is 2.63. The molecule has 0 saturated heterocycles. The maximum Gasteiger partial charge on any atom is 0.231 e. The Balaban J connectivity index is 1.97. The highest BCUT2D eigenvalue weighted by molar-refractivity contribution is 5.93. The van der Waals surface area contributed by atoms with Crippen LogP contribution < -0.4 is 11.1 Å². The van der Waals surface area contributed by atoms with Crippen LogP contribution in [-0.4, -0.2) is 16.9 Å². The van der Waals surface area contributed by atoms with Gasteiger partial charge in [-0.3, -0.25) is 9.78 Å². The van der Waals surface area contributed by atoms with Crippen molar-refractivity contribution in [3.05, 3.63) is 36.2 Å². The van der Waals surface area contributed by atoms with Crippen LogP contribution in [0.15, 0.2) is 30.5 Å². The molecule has 1 aliphatic rings. The second-order valence-electron chi connectivity index (χ2n) is 4.07. The van der Waals surface area contributed by atoms with Crippen LogP contribution >= 0.6 is 0 Å². The quantitative estimate of drug-likeness (QED) is 0.732. The van der Waals surface area contributed by atoms with Gasteiger partial charge in [0.25, 0.3) is 0 Å². The number of aromatic nitrogens is 1. The van der Waals surface area contributed by atoms with Gasteiger partial charge in [-0.05, 0) is 25.5 Å². The highest BCUT2D eigenvalue weighted by atomic mass is 16.1. The van der Waals surface area contributed by atoms with E-state index in [0.29, 0.717) is 6.42 Å². The molecule has 2 unspecified atom stereocenters. The first-order valence-corrected chi connectivity index (χ1v) is 5.32. The van der Waals surface area contributed by atoms with E-state index in [9.17, 15) is 4.79 Å². The van der Waals surface area contributed by atoms with E-state index in [1.165, 1.54) is 0 Å². The van der Waals surface area contributed by atoms with E-state index in [4.69, 9.17) is 5.73 Å². The van der Waals surface area contributed by atoms with E-state index < -0.39 is 0 Å². The van der Waals surface area contributed by atoms with Gasteiger partial charge in [0, 0.05) is 11.7 Å². The van der Waals surface area contributed by atoms with Crippen molar-refractivity contribution in [1.82, 2.24) is 4.98 Å². The highest BCUT2D eigenvalue weighted by Crippen LogP contribution is 2.18. The van der Waals surface area contributed by atoms with Crippen molar-refractivity contribution in [3.63, 3.8) is 0 Å². The molecular formula is C12H15N3O. The van der Waals surface area contributed by atoms with Crippen molar-refractivity contribution >= 4 is 11.6 Å². The number of nitrogens with two attached hydrogens (primary N) is 1. The molecule has 1 amide bonds. The Morgan fingerprint density at radius 2 is 2.31 bits per heavy atom. The lowest BCUT2D eigenvalue weighted by molar-refractivity contribution is -0.118. The Morgan fingerprint density at radius 3 is 2.88 bits per heavy atom. The smallest absolute Gasteiger partial charge is 0.231 e. The SMILES string of the molecule is Cc1ccc(NC(=O)C2C=CC(N)C2)cn1. The third kappa shape index (κ3) is 2.46. The number of nitrogens with one attached hydrogen (secondary N) is 1. The van der Waals surface area contributed by atoms with Crippen LogP contribution in [0.5, 0.6) is 0 Å². The summed E-state index contributed by atoms with van der Waals surface area (Å²) in [5.74, 6) is -0.133. The first kappa shape index (κ1) is 10.8. The van der Waals surface area contributed by atoms with E-state index in [2.05, 4.69) is 10.3 Å². The summed E-state index contributed by atoms with van der Waals surface area (Å²) in [5, 5.41) is 2.82. The van der Waals surface area contributed by atoms with Gasteiger partial charge in [0.05, 0.1) is 17.8 Å². The van der Waals surface area contributed by atoms with Crippen LogP contribution in [0.1, 0.15) is 12.1 Å². The van der Waals surface area contributed by atoms with E-state index in [-0.39, 0.29) is 17.9 Å². The number of anilines is 1. The van der Waals surface area contributed by atoms with Crippen LogP contribution in [-0.2, 0) is 4.79 Å². The number of nitrogens with zero attached hydrogens (tertiary/aromatic N) is 1. The largest absolute Gasteiger partial charge is 0.324 e. The summed E-state index contributed by atoms with van der Waals surface area (Å²) < 4.78 is 0. The Hall–Kier alpha value is -1.68. The fourth-order valence-corrected chi connectivity index (χ4v) is 1.70. The summed E-state index contributed by atoms with van der Waals surface area (Å²) >= 11 is 0. The summed E-state index contributed by atoms with van der Waals surface area (Å²) in [5.41, 5.74) is 7.35. The molecule has 3 N–H and O–H groups in total. The van der Waals surface area contributed by atoms with Gasteiger partial charge < -0.3 is 11.1 Å². The topological polar surface area (TPSA) is 68.0 Å². The summed E-state index contributed by atoms with van der Waals surface area (Å²) in [6.07, 6.45) is 6.08. The molecule has 1 aromatic rings. The molecule has 2 rings (SSSR count). The number of hydrogen-bond acceptors (Lipinski definition) is 3. The average Bonchev–Trinajstić information content (AvgIpc) is 2.68.